The van der Waals surface area contributed by atoms with Crippen molar-refractivity contribution < 1.29 is 0 Å². The first-order chi connectivity index (χ1) is 9.67. The van der Waals surface area contributed by atoms with Gasteiger partial charge in [-0.1, -0.05) is 90.5 Å². The molecule has 0 aromatic heterocycles. The van der Waals surface area contributed by atoms with E-state index in [4.69, 9.17) is 0 Å². The highest BCUT2D eigenvalue weighted by molar-refractivity contribution is 9.08. The number of benzene rings is 2. The second kappa shape index (κ2) is 7.44. The van der Waals surface area contributed by atoms with Crippen LogP contribution in [0.25, 0.3) is 12.2 Å². The zero-order valence-corrected chi connectivity index (χ0v) is 13.7. The van der Waals surface area contributed by atoms with Crippen LogP contribution in [0.2, 0.25) is 0 Å². The summed E-state index contributed by atoms with van der Waals surface area (Å²) in [7, 11) is 0. The molecule has 104 valence electrons. The number of hydrogen-bond acceptors (Lipinski definition) is 0. The van der Waals surface area contributed by atoms with E-state index in [1.807, 2.05) is 0 Å². The van der Waals surface area contributed by atoms with E-state index in [1.165, 1.54) is 22.3 Å². The third-order valence-corrected chi connectivity index (χ3v) is 3.87. The molecular weight excluding hydrogens is 308 g/mol. The molecule has 20 heavy (non-hydrogen) atoms. The molecule has 0 amide bonds. The fraction of sp³-hybridized carbons (Fsp3) is 0.263. The summed E-state index contributed by atoms with van der Waals surface area (Å²) in [5.41, 5.74) is 5.21. The predicted octanol–water partition coefficient (Wildman–Crippen LogP) is 5.95. The van der Waals surface area contributed by atoms with Gasteiger partial charge >= 0.3 is 0 Å². The molecule has 0 aliphatic heterocycles. The lowest BCUT2D eigenvalue weighted by Crippen LogP contribution is -1.93. The van der Waals surface area contributed by atoms with Crippen LogP contribution in [0.15, 0.2) is 48.5 Å². The van der Waals surface area contributed by atoms with Crippen LogP contribution in [0.5, 0.6) is 0 Å². The average Bonchev–Trinajstić information content (AvgIpc) is 2.46. The maximum Gasteiger partial charge on any atom is 0.0283 e. The van der Waals surface area contributed by atoms with Crippen molar-refractivity contribution in [3.05, 3.63) is 70.8 Å². The summed E-state index contributed by atoms with van der Waals surface area (Å²) in [5, 5.41) is 0.911. The SMILES string of the molecule is CC(C)Cc1ccc(C=Cc2ccc(CBr)cc2)cc1. The van der Waals surface area contributed by atoms with Crippen molar-refractivity contribution in [2.24, 2.45) is 5.92 Å². The number of rotatable bonds is 5. The molecule has 0 saturated carbocycles. The van der Waals surface area contributed by atoms with E-state index in [-0.39, 0.29) is 0 Å². The van der Waals surface area contributed by atoms with E-state index in [0.29, 0.717) is 5.92 Å². The summed E-state index contributed by atoms with van der Waals surface area (Å²) in [6.45, 7) is 4.51. The van der Waals surface area contributed by atoms with Crippen LogP contribution in [0.3, 0.4) is 0 Å². The Morgan fingerprint density at radius 1 is 0.800 bits per heavy atom. The smallest absolute Gasteiger partial charge is 0.0283 e. The summed E-state index contributed by atoms with van der Waals surface area (Å²) >= 11 is 3.46. The summed E-state index contributed by atoms with van der Waals surface area (Å²) in [6, 6.07) is 17.5. The van der Waals surface area contributed by atoms with Gasteiger partial charge in [-0.05, 0) is 34.6 Å². The molecule has 0 unspecified atom stereocenters. The van der Waals surface area contributed by atoms with Crippen LogP contribution in [-0.4, -0.2) is 0 Å². The first-order valence-electron chi connectivity index (χ1n) is 7.09. The molecule has 2 aromatic carbocycles. The molecule has 0 nitrogen and oxygen atoms in total. The molecule has 0 heterocycles. The monoisotopic (exact) mass is 328 g/mol. The van der Waals surface area contributed by atoms with E-state index in [9.17, 15) is 0 Å². The van der Waals surface area contributed by atoms with Crippen LogP contribution < -0.4 is 0 Å². The second-order valence-electron chi connectivity index (χ2n) is 5.55. The van der Waals surface area contributed by atoms with Gasteiger partial charge < -0.3 is 0 Å². The van der Waals surface area contributed by atoms with Crippen LogP contribution >= 0.6 is 15.9 Å². The lowest BCUT2D eigenvalue weighted by atomic mass is 10.0. The molecular formula is C19H21Br. The van der Waals surface area contributed by atoms with Gasteiger partial charge in [0.1, 0.15) is 0 Å². The zero-order chi connectivity index (χ0) is 14.4. The molecule has 0 atom stereocenters. The second-order valence-corrected chi connectivity index (χ2v) is 6.11. The first-order valence-corrected chi connectivity index (χ1v) is 8.21. The maximum atomic E-state index is 3.46. The van der Waals surface area contributed by atoms with E-state index >= 15 is 0 Å². The summed E-state index contributed by atoms with van der Waals surface area (Å²) in [4.78, 5) is 0. The van der Waals surface area contributed by atoms with Gasteiger partial charge in [-0.2, -0.15) is 0 Å². The highest BCUT2D eigenvalue weighted by Gasteiger charge is 1.97. The Labute approximate surface area is 130 Å². The first kappa shape index (κ1) is 15.1. The normalized spacial score (nSPS) is 11.4. The molecule has 1 heteroatoms. The Kier molecular flexibility index (Phi) is 5.60. The zero-order valence-electron chi connectivity index (χ0n) is 12.1. The van der Waals surface area contributed by atoms with Crippen molar-refractivity contribution in [2.75, 3.05) is 0 Å². The van der Waals surface area contributed by atoms with Gasteiger partial charge in [-0.15, -0.1) is 0 Å². The number of hydrogen-bond donors (Lipinski definition) is 0. The molecule has 0 bridgehead atoms. The van der Waals surface area contributed by atoms with Crippen LogP contribution in [0, 0.1) is 5.92 Å². The molecule has 0 spiro atoms. The topological polar surface area (TPSA) is 0 Å². The Morgan fingerprint density at radius 2 is 1.25 bits per heavy atom. The van der Waals surface area contributed by atoms with Gasteiger partial charge in [0.25, 0.3) is 0 Å². The highest BCUT2D eigenvalue weighted by atomic mass is 79.9. The lowest BCUT2D eigenvalue weighted by Gasteiger charge is -2.04. The van der Waals surface area contributed by atoms with Gasteiger partial charge in [0.05, 0.1) is 0 Å². The van der Waals surface area contributed by atoms with E-state index in [2.05, 4.69) is 90.5 Å². The minimum Gasteiger partial charge on any atom is -0.0876 e. The lowest BCUT2D eigenvalue weighted by molar-refractivity contribution is 0.647. The summed E-state index contributed by atoms with van der Waals surface area (Å²) in [5.74, 6) is 0.712. The quantitative estimate of drug-likeness (QED) is 0.470. The van der Waals surface area contributed by atoms with E-state index < -0.39 is 0 Å². The standard InChI is InChI=1S/C19H21Br/c1-15(2)13-18-9-5-16(6-10-18)3-4-17-7-11-19(14-20)12-8-17/h3-12,15H,13-14H2,1-2H3. The fourth-order valence-corrected chi connectivity index (χ4v) is 2.52. The van der Waals surface area contributed by atoms with Crippen molar-refractivity contribution in [2.45, 2.75) is 25.6 Å². The Bertz CT molecular complexity index is 547. The largest absolute Gasteiger partial charge is 0.0876 e. The van der Waals surface area contributed by atoms with E-state index in [1.54, 1.807) is 0 Å². The molecule has 0 saturated heterocycles. The molecule has 2 aromatic rings. The van der Waals surface area contributed by atoms with Crippen molar-refractivity contribution >= 4 is 28.1 Å². The van der Waals surface area contributed by atoms with Gasteiger partial charge in [0.15, 0.2) is 0 Å². The predicted molar refractivity (Wildman–Crippen MR) is 93.0 cm³/mol. The molecule has 0 N–H and O–H groups in total. The Hall–Kier alpha value is -1.34. The Balaban J connectivity index is 2.03. The average molecular weight is 329 g/mol. The highest BCUT2D eigenvalue weighted by Crippen LogP contribution is 2.14. The van der Waals surface area contributed by atoms with Gasteiger partial charge in [0.2, 0.25) is 0 Å². The van der Waals surface area contributed by atoms with Crippen molar-refractivity contribution in [1.29, 1.82) is 0 Å². The Morgan fingerprint density at radius 3 is 1.65 bits per heavy atom. The number of alkyl halides is 1. The van der Waals surface area contributed by atoms with Gasteiger partial charge in [0, 0.05) is 5.33 Å². The van der Waals surface area contributed by atoms with Crippen LogP contribution in [0.1, 0.15) is 36.1 Å². The van der Waals surface area contributed by atoms with Gasteiger partial charge in [-0.3, -0.25) is 0 Å². The van der Waals surface area contributed by atoms with Crippen LogP contribution in [0.4, 0.5) is 0 Å². The molecule has 0 fully saturated rings. The minimum absolute atomic E-state index is 0.712. The number of halogens is 1. The molecule has 0 aliphatic rings. The summed E-state index contributed by atoms with van der Waals surface area (Å²) < 4.78 is 0. The molecule has 2 rings (SSSR count). The van der Waals surface area contributed by atoms with Crippen molar-refractivity contribution in [3.8, 4) is 0 Å². The molecule has 0 radical (unpaired) electrons. The fourth-order valence-electron chi connectivity index (χ4n) is 2.15. The van der Waals surface area contributed by atoms with Crippen molar-refractivity contribution in [1.82, 2.24) is 0 Å². The third-order valence-electron chi connectivity index (χ3n) is 3.23. The van der Waals surface area contributed by atoms with E-state index in [0.717, 1.165) is 11.8 Å². The van der Waals surface area contributed by atoms with Crippen molar-refractivity contribution in [3.63, 3.8) is 0 Å². The van der Waals surface area contributed by atoms with Gasteiger partial charge in [-0.25, -0.2) is 0 Å². The molecule has 0 aliphatic carbocycles. The third kappa shape index (κ3) is 4.64. The minimum atomic E-state index is 0.712. The maximum absolute atomic E-state index is 3.46. The summed E-state index contributed by atoms with van der Waals surface area (Å²) in [6.07, 6.45) is 5.48. The van der Waals surface area contributed by atoms with Crippen LogP contribution in [-0.2, 0) is 11.8 Å².